The van der Waals surface area contributed by atoms with E-state index < -0.39 is 0 Å². The van der Waals surface area contributed by atoms with Gasteiger partial charge in [-0.2, -0.15) is 5.10 Å². The van der Waals surface area contributed by atoms with Gasteiger partial charge in [0, 0.05) is 16.7 Å². The van der Waals surface area contributed by atoms with Crippen molar-refractivity contribution >= 4 is 5.78 Å². The van der Waals surface area contributed by atoms with Gasteiger partial charge in [0.2, 0.25) is 0 Å². The summed E-state index contributed by atoms with van der Waals surface area (Å²) in [6.45, 7) is 0. The van der Waals surface area contributed by atoms with E-state index in [4.69, 9.17) is 0 Å². The number of para-hydroxylation sites is 1. The molecule has 0 amide bonds. The molecule has 1 aromatic heterocycles. The van der Waals surface area contributed by atoms with Crippen LogP contribution in [0.25, 0.3) is 22.5 Å². The molecule has 126 valence electrons. The predicted molar refractivity (Wildman–Crippen MR) is 101 cm³/mol. The topological polar surface area (TPSA) is 66.0 Å². The number of carbonyl (C=O) groups excluding carboxylic acids is 1. The zero-order valence-electron chi connectivity index (χ0n) is 13.9. The van der Waals surface area contributed by atoms with Crippen LogP contribution in [0.3, 0.4) is 0 Å². The largest absolute Gasteiger partial charge is 0.507 e. The lowest BCUT2D eigenvalue weighted by Gasteiger charge is -2.07. The number of nitrogens with one attached hydrogen (secondary N) is 1. The van der Waals surface area contributed by atoms with E-state index in [9.17, 15) is 9.90 Å². The number of ketones is 1. The van der Waals surface area contributed by atoms with Crippen LogP contribution in [0.1, 0.15) is 15.9 Å². The van der Waals surface area contributed by atoms with Crippen LogP contribution in [-0.4, -0.2) is 21.1 Å². The molecular weight excluding hydrogens is 324 g/mol. The van der Waals surface area contributed by atoms with Crippen LogP contribution in [0, 0.1) is 0 Å². The smallest absolute Gasteiger partial charge is 0.197 e. The van der Waals surface area contributed by atoms with Crippen molar-refractivity contribution in [3.8, 4) is 28.3 Å². The summed E-state index contributed by atoms with van der Waals surface area (Å²) >= 11 is 0. The average Bonchev–Trinajstić information content (AvgIpc) is 3.14. The maximum absolute atomic E-state index is 13.3. The van der Waals surface area contributed by atoms with Gasteiger partial charge in [-0.25, -0.2) is 0 Å². The number of aromatic amines is 1. The number of H-pyrrole nitrogens is 1. The number of nitrogens with zero attached hydrogens (tertiary/aromatic N) is 1. The molecule has 4 nitrogen and oxygen atoms in total. The first-order valence-electron chi connectivity index (χ1n) is 8.27. The van der Waals surface area contributed by atoms with Crippen LogP contribution in [0.15, 0.2) is 84.9 Å². The highest BCUT2D eigenvalue weighted by Crippen LogP contribution is 2.35. The van der Waals surface area contributed by atoms with Crippen molar-refractivity contribution in [2.75, 3.05) is 0 Å². The van der Waals surface area contributed by atoms with Crippen molar-refractivity contribution in [3.05, 3.63) is 96.1 Å². The number of aromatic hydroxyl groups is 1. The number of phenols is 1. The molecule has 0 atom stereocenters. The molecule has 0 aliphatic carbocycles. The van der Waals surface area contributed by atoms with Crippen LogP contribution in [0.4, 0.5) is 0 Å². The molecular formula is C22H16N2O2. The molecule has 3 aromatic carbocycles. The van der Waals surface area contributed by atoms with Gasteiger partial charge in [-0.05, 0) is 12.1 Å². The fourth-order valence-electron chi connectivity index (χ4n) is 2.98. The zero-order valence-corrected chi connectivity index (χ0v) is 13.9. The maximum atomic E-state index is 13.3. The second-order valence-electron chi connectivity index (χ2n) is 5.90. The summed E-state index contributed by atoms with van der Waals surface area (Å²) in [4.78, 5) is 13.3. The normalized spacial score (nSPS) is 10.6. The van der Waals surface area contributed by atoms with Crippen LogP contribution in [-0.2, 0) is 0 Å². The van der Waals surface area contributed by atoms with Crippen molar-refractivity contribution in [3.63, 3.8) is 0 Å². The summed E-state index contributed by atoms with van der Waals surface area (Å²) < 4.78 is 0. The van der Waals surface area contributed by atoms with Crippen molar-refractivity contribution < 1.29 is 9.90 Å². The Kier molecular flexibility index (Phi) is 4.07. The Labute approximate surface area is 150 Å². The minimum atomic E-state index is -0.142. The second kappa shape index (κ2) is 6.69. The molecule has 1 heterocycles. The lowest BCUT2D eigenvalue weighted by molar-refractivity contribution is 0.104. The molecule has 0 aliphatic heterocycles. The summed E-state index contributed by atoms with van der Waals surface area (Å²) in [5.74, 6) is -0.0469. The molecule has 26 heavy (non-hydrogen) atoms. The first kappa shape index (κ1) is 15.8. The minimum absolute atomic E-state index is 0.0953. The van der Waals surface area contributed by atoms with Crippen LogP contribution < -0.4 is 0 Å². The number of hydrogen-bond donors (Lipinski definition) is 2. The molecule has 0 bridgehead atoms. The van der Waals surface area contributed by atoms with Gasteiger partial charge in [0.1, 0.15) is 11.4 Å². The van der Waals surface area contributed by atoms with E-state index in [0.29, 0.717) is 28.1 Å². The van der Waals surface area contributed by atoms with E-state index in [0.717, 1.165) is 5.56 Å². The quantitative estimate of drug-likeness (QED) is 0.530. The Balaban J connectivity index is 1.95. The summed E-state index contributed by atoms with van der Waals surface area (Å²) in [5.41, 5.74) is 3.48. The van der Waals surface area contributed by atoms with Gasteiger partial charge in [0.25, 0.3) is 0 Å². The maximum Gasteiger partial charge on any atom is 0.197 e. The molecule has 4 rings (SSSR count). The average molecular weight is 340 g/mol. The van der Waals surface area contributed by atoms with Gasteiger partial charge in [0.05, 0.1) is 11.3 Å². The van der Waals surface area contributed by atoms with Crippen LogP contribution >= 0.6 is 0 Å². The Bertz CT molecular complexity index is 1050. The Morgan fingerprint density at radius 1 is 0.808 bits per heavy atom. The third-order valence-electron chi connectivity index (χ3n) is 4.25. The Hall–Kier alpha value is -3.66. The molecule has 0 radical (unpaired) electrons. The number of benzene rings is 3. The molecule has 4 heteroatoms. The summed E-state index contributed by atoms with van der Waals surface area (Å²) in [6.07, 6.45) is 0. The number of rotatable bonds is 4. The molecule has 0 saturated heterocycles. The minimum Gasteiger partial charge on any atom is -0.507 e. The lowest BCUT2D eigenvalue weighted by atomic mass is 9.95. The monoisotopic (exact) mass is 340 g/mol. The SMILES string of the molecule is O=C(c1ccccc1)c1c(-c2ccccc2)n[nH]c1-c1ccccc1O. The molecule has 2 N–H and O–H groups in total. The van der Waals surface area contributed by atoms with Crippen molar-refractivity contribution in [2.45, 2.75) is 0 Å². The molecule has 0 saturated carbocycles. The highest BCUT2D eigenvalue weighted by atomic mass is 16.3. The van der Waals surface area contributed by atoms with Gasteiger partial charge < -0.3 is 5.11 Å². The van der Waals surface area contributed by atoms with Crippen molar-refractivity contribution in [1.82, 2.24) is 10.2 Å². The summed E-state index contributed by atoms with van der Waals surface area (Å²) in [5, 5.41) is 17.6. The van der Waals surface area contributed by atoms with E-state index >= 15 is 0 Å². The fourth-order valence-corrected chi connectivity index (χ4v) is 2.98. The van der Waals surface area contributed by atoms with E-state index in [-0.39, 0.29) is 11.5 Å². The molecule has 4 aromatic rings. The van der Waals surface area contributed by atoms with Crippen molar-refractivity contribution in [1.29, 1.82) is 0 Å². The summed E-state index contributed by atoms with van der Waals surface area (Å²) in [7, 11) is 0. The molecule has 0 unspecified atom stereocenters. The first-order chi connectivity index (χ1) is 12.8. The molecule has 0 spiro atoms. The van der Waals surface area contributed by atoms with Gasteiger partial charge >= 0.3 is 0 Å². The van der Waals surface area contributed by atoms with E-state index in [1.165, 1.54) is 0 Å². The lowest BCUT2D eigenvalue weighted by Crippen LogP contribution is -2.04. The molecule has 0 fully saturated rings. The van der Waals surface area contributed by atoms with Crippen LogP contribution in [0.5, 0.6) is 5.75 Å². The number of carbonyl (C=O) groups is 1. The highest BCUT2D eigenvalue weighted by Gasteiger charge is 2.24. The van der Waals surface area contributed by atoms with Gasteiger partial charge in [-0.1, -0.05) is 72.8 Å². The third-order valence-corrected chi connectivity index (χ3v) is 4.25. The predicted octanol–water partition coefficient (Wildman–Crippen LogP) is 4.68. The fraction of sp³-hybridized carbons (Fsp3) is 0. The number of aromatic nitrogens is 2. The Morgan fingerprint density at radius 3 is 2.12 bits per heavy atom. The number of hydrogen-bond acceptors (Lipinski definition) is 3. The van der Waals surface area contributed by atoms with E-state index in [1.54, 1.807) is 30.3 Å². The van der Waals surface area contributed by atoms with Crippen LogP contribution in [0.2, 0.25) is 0 Å². The highest BCUT2D eigenvalue weighted by molar-refractivity contribution is 6.16. The number of phenolic OH excluding ortho intramolecular Hbond substituents is 1. The van der Waals surface area contributed by atoms with E-state index in [1.807, 2.05) is 54.6 Å². The Morgan fingerprint density at radius 2 is 1.42 bits per heavy atom. The van der Waals surface area contributed by atoms with Gasteiger partial charge in [-0.3, -0.25) is 9.89 Å². The third kappa shape index (κ3) is 2.78. The van der Waals surface area contributed by atoms with Gasteiger partial charge in [-0.15, -0.1) is 0 Å². The van der Waals surface area contributed by atoms with E-state index in [2.05, 4.69) is 10.2 Å². The van der Waals surface area contributed by atoms with Gasteiger partial charge in [0.15, 0.2) is 5.78 Å². The zero-order chi connectivity index (χ0) is 17.9. The second-order valence-corrected chi connectivity index (χ2v) is 5.90. The first-order valence-corrected chi connectivity index (χ1v) is 8.27. The standard InChI is InChI=1S/C22H16N2O2/c25-18-14-8-7-13-17(18)21-19(22(26)16-11-5-2-6-12-16)20(23-24-21)15-9-3-1-4-10-15/h1-14,25H,(H,23,24). The molecule has 0 aliphatic rings. The van der Waals surface area contributed by atoms with Crippen molar-refractivity contribution in [2.24, 2.45) is 0 Å². The summed E-state index contributed by atoms with van der Waals surface area (Å²) in [6, 6.07) is 25.5.